The Morgan fingerprint density at radius 2 is 2.04 bits per heavy atom. The molecule has 7 nitrogen and oxygen atoms in total. The van der Waals surface area contributed by atoms with Gasteiger partial charge in [0.1, 0.15) is 0 Å². The topological polar surface area (TPSA) is 91.6 Å². The minimum Gasteiger partial charge on any atom is -0.466 e. The standard InChI is InChI=1S/C16H12F3N3O4S/c1-26-12(23)7-11-13(24)20-14(27-11)22-15(25,16(17,18)19)8-10(21-22)9-5-3-2-4-6-9/h2-7,25H,8H2,1H3/b11-7+/t15-/m0/s1. The lowest BCUT2D eigenvalue weighted by atomic mass is 10.0. The van der Waals surface area contributed by atoms with Gasteiger partial charge >= 0.3 is 12.1 Å². The third kappa shape index (κ3) is 3.47. The molecule has 3 rings (SSSR count). The molecule has 2 heterocycles. The summed E-state index contributed by atoms with van der Waals surface area (Å²) in [4.78, 5) is 26.4. The fourth-order valence-electron chi connectivity index (χ4n) is 2.41. The van der Waals surface area contributed by atoms with Gasteiger partial charge in [0.2, 0.25) is 0 Å². The molecular weight excluding hydrogens is 387 g/mol. The molecule has 0 bridgehead atoms. The van der Waals surface area contributed by atoms with E-state index in [1.807, 2.05) is 0 Å². The molecule has 1 aromatic rings. The Morgan fingerprint density at radius 3 is 2.63 bits per heavy atom. The van der Waals surface area contributed by atoms with Crippen LogP contribution in [0, 0.1) is 0 Å². The fourth-order valence-corrected chi connectivity index (χ4v) is 3.31. The van der Waals surface area contributed by atoms with Crippen molar-refractivity contribution in [2.24, 2.45) is 10.1 Å². The molecule has 1 atom stereocenters. The van der Waals surface area contributed by atoms with Gasteiger partial charge in [0.25, 0.3) is 11.6 Å². The van der Waals surface area contributed by atoms with Crippen molar-refractivity contribution < 1.29 is 32.6 Å². The summed E-state index contributed by atoms with van der Waals surface area (Å²) < 4.78 is 45.2. The second-order valence-corrected chi connectivity index (χ2v) is 6.56. The van der Waals surface area contributed by atoms with Gasteiger partial charge in [-0.2, -0.15) is 28.3 Å². The number of esters is 1. The Hall–Kier alpha value is -2.66. The molecule has 2 aliphatic heterocycles. The van der Waals surface area contributed by atoms with Crippen molar-refractivity contribution in [1.29, 1.82) is 0 Å². The maximum absolute atomic E-state index is 13.6. The first kappa shape index (κ1) is 19.1. The van der Waals surface area contributed by atoms with Gasteiger partial charge in [-0.05, 0) is 17.3 Å². The normalized spacial score (nSPS) is 24.3. The molecule has 0 fully saturated rings. The zero-order chi connectivity index (χ0) is 19.8. The van der Waals surface area contributed by atoms with E-state index in [9.17, 15) is 27.9 Å². The van der Waals surface area contributed by atoms with Crippen LogP contribution in [-0.4, -0.2) is 51.9 Å². The van der Waals surface area contributed by atoms with Crippen LogP contribution in [-0.2, 0) is 14.3 Å². The summed E-state index contributed by atoms with van der Waals surface area (Å²) in [6.07, 6.45) is -5.10. The van der Waals surface area contributed by atoms with Crippen LogP contribution >= 0.6 is 11.8 Å². The molecule has 0 saturated heterocycles. The Labute approximate surface area is 155 Å². The number of ether oxygens (including phenoxy) is 1. The first-order valence-electron chi connectivity index (χ1n) is 7.48. The average Bonchev–Trinajstić information content (AvgIpc) is 3.16. The quantitative estimate of drug-likeness (QED) is 0.605. The summed E-state index contributed by atoms with van der Waals surface area (Å²) in [5, 5.41) is 14.0. The van der Waals surface area contributed by atoms with Crippen LogP contribution in [0.1, 0.15) is 12.0 Å². The molecule has 1 N–H and O–H groups in total. The van der Waals surface area contributed by atoms with E-state index in [2.05, 4.69) is 14.8 Å². The number of alkyl halides is 3. The van der Waals surface area contributed by atoms with E-state index in [1.165, 1.54) is 0 Å². The zero-order valence-corrected chi connectivity index (χ0v) is 14.5. The third-order valence-electron chi connectivity index (χ3n) is 3.79. The Morgan fingerprint density at radius 1 is 1.37 bits per heavy atom. The van der Waals surface area contributed by atoms with Crippen LogP contribution in [0.15, 0.2) is 51.4 Å². The number of nitrogens with zero attached hydrogens (tertiary/aromatic N) is 3. The van der Waals surface area contributed by atoms with Gasteiger partial charge in [-0.1, -0.05) is 30.3 Å². The van der Waals surface area contributed by atoms with E-state index in [0.29, 0.717) is 17.3 Å². The number of carbonyl (C=O) groups excluding carboxylic acids is 2. The Bertz CT molecular complexity index is 883. The minimum absolute atomic E-state index is 0.0171. The number of hydrogen-bond donors (Lipinski definition) is 1. The molecule has 0 unspecified atom stereocenters. The highest BCUT2D eigenvalue weighted by atomic mass is 32.2. The number of aliphatic imine (C=N–C) groups is 1. The minimum atomic E-state index is -5.08. The summed E-state index contributed by atoms with van der Waals surface area (Å²) in [5.74, 6) is -1.78. The molecule has 1 amide bonds. The number of thioether (sulfide) groups is 1. The van der Waals surface area contributed by atoms with Crippen LogP contribution in [0.25, 0.3) is 0 Å². The van der Waals surface area contributed by atoms with Gasteiger partial charge in [0, 0.05) is 6.08 Å². The third-order valence-corrected chi connectivity index (χ3v) is 4.75. The zero-order valence-electron chi connectivity index (χ0n) is 13.7. The fraction of sp³-hybridized carbons (Fsp3) is 0.250. The molecule has 27 heavy (non-hydrogen) atoms. The second kappa shape index (κ2) is 6.82. The van der Waals surface area contributed by atoms with Crippen LogP contribution < -0.4 is 0 Å². The van der Waals surface area contributed by atoms with Gasteiger partial charge in [0.05, 0.1) is 24.1 Å². The number of benzene rings is 1. The maximum atomic E-state index is 13.6. The van der Waals surface area contributed by atoms with Crippen LogP contribution in [0.2, 0.25) is 0 Å². The Balaban J connectivity index is 1.99. The number of aliphatic hydroxyl groups is 1. The molecule has 2 aliphatic rings. The van der Waals surface area contributed by atoms with Crippen molar-refractivity contribution in [2.45, 2.75) is 18.3 Å². The number of hydrogen-bond acceptors (Lipinski definition) is 7. The van der Waals surface area contributed by atoms with Crippen molar-refractivity contribution in [3.8, 4) is 0 Å². The highest BCUT2D eigenvalue weighted by Crippen LogP contribution is 2.44. The lowest BCUT2D eigenvalue weighted by Gasteiger charge is -2.33. The highest BCUT2D eigenvalue weighted by molar-refractivity contribution is 8.18. The number of amides is 1. The number of carbonyl (C=O) groups is 2. The molecular formula is C16H12F3N3O4S. The summed E-state index contributed by atoms with van der Waals surface area (Å²) in [6.45, 7) is 0. The summed E-state index contributed by atoms with van der Waals surface area (Å²) >= 11 is 0.495. The van der Waals surface area contributed by atoms with Crippen molar-refractivity contribution in [2.75, 3.05) is 7.11 Å². The largest absolute Gasteiger partial charge is 0.466 e. The van der Waals surface area contributed by atoms with Gasteiger partial charge in [-0.25, -0.2) is 4.79 Å². The monoisotopic (exact) mass is 399 g/mol. The first-order valence-corrected chi connectivity index (χ1v) is 8.30. The average molecular weight is 399 g/mol. The summed E-state index contributed by atoms with van der Waals surface area (Å²) in [7, 11) is 1.09. The van der Waals surface area contributed by atoms with E-state index in [1.54, 1.807) is 30.3 Å². The van der Waals surface area contributed by atoms with E-state index >= 15 is 0 Å². The van der Waals surface area contributed by atoms with Gasteiger partial charge < -0.3 is 9.84 Å². The SMILES string of the molecule is COC(=O)/C=C1/SC(N2N=C(c3ccccc3)C[C@]2(O)C(F)(F)F)=NC1=O. The lowest BCUT2D eigenvalue weighted by Crippen LogP contribution is -2.56. The van der Waals surface area contributed by atoms with E-state index in [0.717, 1.165) is 13.2 Å². The molecule has 1 aromatic carbocycles. The molecule has 0 aromatic heterocycles. The molecule has 0 aliphatic carbocycles. The first-order chi connectivity index (χ1) is 12.7. The molecule has 0 radical (unpaired) electrons. The smallest absolute Gasteiger partial charge is 0.438 e. The number of rotatable bonds is 2. The van der Waals surface area contributed by atoms with Crippen molar-refractivity contribution in [1.82, 2.24) is 5.01 Å². The highest BCUT2D eigenvalue weighted by Gasteiger charge is 2.63. The molecule has 142 valence electrons. The van der Waals surface area contributed by atoms with Gasteiger partial charge in [0.15, 0.2) is 5.17 Å². The summed E-state index contributed by atoms with van der Waals surface area (Å²) in [5.41, 5.74) is -3.00. The predicted octanol–water partition coefficient (Wildman–Crippen LogP) is 2.03. The van der Waals surface area contributed by atoms with Crippen LogP contribution in [0.5, 0.6) is 0 Å². The lowest BCUT2D eigenvalue weighted by molar-refractivity contribution is -0.294. The Kier molecular flexibility index (Phi) is 4.82. The van der Waals surface area contributed by atoms with Crippen molar-refractivity contribution in [3.05, 3.63) is 46.9 Å². The number of halogens is 3. The van der Waals surface area contributed by atoms with E-state index in [-0.39, 0.29) is 15.6 Å². The predicted molar refractivity (Wildman–Crippen MR) is 90.6 cm³/mol. The molecule has 11 heteroatoms. The van der Waals surface area contributed by atoms with Crippen molar-refractivity contribution >= 4 is 34.5 Å². The molecule has 0 spiro atoms. The number of amidine groups is 1. The van der Waals surface area contributed by atoms with E-state index < -0.39 is 35.4 Å². The molecule has 0 saturated carbocycles. The second-order valence-electron chi connectivity index (χ2n) is 5.55. The van der Waals surface area contributed by atoms with E-state index in [4.69, 9.17) is 0 Å². The van der Waals surface area contributed by atoms with Gasteiger partial charge in [-0.3, -0.25) is 4.79 Å². The van der Waals surface area contributed by atoms with Crippen LogP contribution in [0.4, 0.5) is 13.2 Å². The van der Waals surface area contributed by atoms with Crippen molar-refractivity contribution in [3.63, 3.8) is 0 Å². The number of hydrazone groups is 1. The van der Waals surface area contributed by atoms with Crippen LogP contribution in [0.3, 0.4) is 0 Å². The summed E-state index contributed by atoms with van der Waals surface area (Å²) in [6, 6.07) is 8.03. The maximum Gasteiger partial charge on any atom is 0.438 e. The number of methoxy groups -OCH3 is 1. The van der Waals surface area contributed by atoms with Gasteiger partial charge in [-0.15, -0.1) is 0 Å².